The van der Waals surface area contributed by atoms with Crippen LogP contribution in [0.15, 0.2) is 18.2 Å². The largest absolute Gasteiger partial charge is 0.384 e. The Hall–Kier alpha value is -2.04. The van der Waals surface area contributed by atoms with Gasteiger partial charge in [0.15, 0.2) is 0 Å². The van der Waals surface area contributed by atoms with E-state index in [0.29, 0.717) is 18.7 Å². The standard InChI is InChI=1S/C15H19N3O2/c19-13-10-18(9-3-8-16-13)15(20)12-6-1-4-11-5-2-7-17-14(11)12/h1,4,6,17H,2-3,5,7-10H2,(H,16,19). The average Bonchev–Trinajstić information content (AvgIpc) is 2.70. The first-order valence-corrected chi connectivity index (χ1v) is 7.17. The van der Waals surface area contributed by atoms with Crippen molar-refractivity contribution in [3.63, 3.8) is 0 Å². The van der Waals surface area contributed by atoms with Gasteiger partial charge in [-0.25, -0.2) is 0 Å². The summed E-state index contributed by atoms with van der Waals surface area (Å²) in [6.07, 6.45) is 2.90. The predicted molar refractivity (Wildman–Crippen MR) is 76.8 cm³/mol. The van der Waals surface area contributed by atoms with E-state index in [4.69, 9.17) is 0 Å². The molecule has 2 heterocycles. The van der Waals surface area contributed by atoms with Gasteiger partial charge in [0.1, 0.15) is 0 Å². The van der Waals surface area contributed by atoms with Crippen LogP contribution in [-0.4, -0.2) is 42.9 Å². The number of anilines is 1. The first-order valence-electron chi connectivity index (χ1n) is 7.17. The Morgan fingerprint density at radius 3 is 2.90 bits per heavy atom. The van der Waals surface area contributed by atoms with Crippen LogP contribution in [0.1, 0.15) is 28.8 Å². The van der Waals surface area contributed by atoms with Crippen LogP contribution in [0, 0.1) is 0 Å². The fraction of sp³-hybridized carbons (Fsp3) is 0.467. The Kier molecular flexibility index (Phi) is 3.58. The molecule has 0 saturated carbocycles. The van der Waals surface area contributed by atoms with E-state index >= 15 is 0 Å². The third-order valence-corrected chi connectivity index (χ3v) is 3.85. The van der Waals surface area contributed by atoms with Crippen LogP contribution < -0.4 is 10.6 Å². The molecule has 1 aromatic carbocycles. The molecule has 0 bridgehead atoms. The molecule has 0 spiro atoms. The average molecular weight is 273 g/mol. The number of hydrogen-bond acceptors (Lipinski definition) is 3. The van der Waals surface area contributed by atoms with Crippen LogP contribution in [0.3, 0.4) is 0 Å². The lowest BCUT2D eigenvalue weighted by atomic mass is 9.98. The number of rotatable bonds is 1. The minimum Gasteiger partial charge on any atom is -0.384 e. The maximum Gasteiger partial charge on any atom is 0.256 e. The van der Waals surface area contributed by atoms with Gasteiger partial charge in [-0.3, -0.25) is 9.59 Å². The van der Waals surface area contributed by atoms with Crippen LogP contribution in [-0.2, 0) is 11.2 Å². The van der Waals surface area contributed by atoms with Gasteiger partial charge in [0.2, 0.25) is 5.91 Å². The van der Waals surface area contributed by atoms with Gasteiger partial charge in [-0.1, -0.05) is 12.1 Å². The van der Waals surface area contributed by atoms with Crippen LogP contribution >= 0.6 is 0 Å². The topological polar surface area (TPSA) is 61.4 Å². The van der Waals surface area contributed by atoms with Gasteiger partial charge in [0, 0.05) is 19.6 Å². The summed E-state index contributed by atoms with van der Waals surface area (Å²) in [4.78, 5) is 25.9. The molecule has 1 aromatic rings. The number of hydrogen-bond donors (Lipinski definition) is 2. The summed E-state index contributed by atoms with van der Waals surface area (Å²) in [6.45, 7) is 2.33. The molecule has 2 aliphatic rings. The zero-order chi connectivity index (χ0) is 13.9. The second-order valence-electron chi connectivity index (χ2n) is 5.30. The van der Waals surface area contributed by atoms with Gasteiger partial charge in [-0.05, 0) is 30.9 Å². The summed E-state index contributed by atoms with van der Waals surface area (Å²) in [5, 5.41) is 6.12. The van der Waals surface area contributed by atoms with E-state index in [9.17, 15) is 9.59 Å². The molecule has 106 valence electrons. The molecule has 5 nitrogen and oxygen atoms in total. The van der Waals surface area contributed by atoms with Crippen molar-refractivity contribution in [3.05, 3.63) is 29.3 Å². The molecule has 0 unspecified atom stereocenters. The van der Waals surface area contributed by atoms with Crippen LogP contribution in [0.25, 0.3) is 0 Å². The zero-order valence-electron chi connectivity index (χ0n) is 11.4. The van der Waals surface area contributed by atoms with E-state index < -0.39 is 0 Å². The fourth-order valence-electron chi connectivity index (χ4n) is 2.84. The molecule has 1 fully saturated rings. The maximum atomic E-state index is 12.7. The third kappa shape index (κ3) is 2.48. The smallest absolute Gasteiger partial charge is 0.256 e. The highest BCUT2D eigenvalue weighted by molar-refractivity contribution is 6.02. The summed E-state index contributed by atoms with van der Waals surface area (Å²) in [5.41, 5.74) is 2.84. The van der Waals surface area contributed by atoms with Crippen molar-refractivity contribution in [1.82, 2.24) is 10.2 Å². The Bertz CT molecular complexity index is 542. The molecule has 2 N–H and O–H groups in total. The van der Waals surface area contributed by atoms with E-state index in [-0.39, 0.29) is 18.4 Å². The van der Waals surface area contributed by atoms with Crippen molar-refractivity contribution in [2.75, 3.05) is 31.5 Å². The van der Waals surface area contributed by atoms with Crippen molar-refractivity contribution < 1.29 is 9.59 Å². The normalized spacial score (nSPS) is 18.6. The number of carbonyl (C=O) groups is 2. The summed E-state index contributed by atoms with van der Waals surface area (Å²) in [5.74, 6) is -0.123. The lowest BCUT2D eigenvalue weighted by Crippen LogP contribution is -2.37. The first-order chi connectivity index (χ1) is 9.75. The quantitative estimate of drug-likeness (QED) is 0.802. The lowest BCUT2D eigenvalue weighted by molar-refractivity contribution is -0.121. The Morgan fingerprint density at radius 1 is 1.15 bits per heavy atom. The minimum atomic E-state index is -0.0754. The molecule has 0 atom stereocenters. The molecular weight excluding hydrogens is 254 g/mol. The van der Waals surface area contributed by atoms with E-state index in [1.807, 2.05) is 12.1 Å². The number of benzene rings is 1. The first kappa shape index (κ1) is 13.0. The molecule has 20 heavy (non-hydrogen) atoms. The van der Waals surface area contributed by atoms with E-state index in [0.717, 1.165) is 31.5 Å². The van der Waals surface area contributed by atoms with E-state index in [2.05, 4.69) is 16.7 Å². The Morgan fingerprint density at radius 2 is 2.00 bits per heavy atom. The second-order valence-corrected chi connectivity index (χ2v) is 5.30. The number of para-hydroxylation sites is 1. The lowest BCUT2D eigenvalue weighted by Gasteiger charge is -2.24. The molecule has 0 radical (unpaired) electrons. The molecular formula is C15H19N3O2. The highest BCUT2D eigenvalue weighted by Crippen LogP contribution is 2.27. The third-order valence-electron chi connectivity index (χ3n) is 3.85. The number of aryl methyl sites for hydroxylation is 1. The van der Waals surface area contributed by atoms with Gasteiger partial charge in [-0.15, -0.1) is 0 Å². The van der Waals surface area contributed by atoms with Crippen molar-refractivity contribution in [2.45, 2.75) is 19.3 Å². The Labute approximate surface area is 118 Å². The summed E-state index contributed by atoms with van der Waals surface area (Å²) in [7, 11) is 0. The highest BCUT2D eigenvalue weighted by Gasteiger charge is 2.24. The highest BCUT2D eigenvalue weighted by atomic mass is 16.2. The van der Waals surface area contributed by atoms with Gasteiger partial charge >= 0.3 is 0 Å². The van der Waals surface area contributed by atoms with Crippen LogP contribution in [0.5, 0.6) is 0 Å². The SMILES string of the molecule is O=C1CN(C(=O)c2cccc3c2NCCC3)CCCN1. The zero-order valence-corrected chi connectivity index (χ0v) is 11.4. The van der Waals surface area contributed by atoms with E-state index in [1.54, 1.807) is 4.90 Å². The summed E-state index contributed by atoms with van der Waals surface area (Å²) >= 11 is 0. The van der Waals surface area contributed by atoms with Crippen molar-refractivity contribution in [1.29, 1.82) is 0 Å². The van der Waals surface area contributed by atoms with E-state index in [1.165, 1.54) is 5.56 Å². The summed E-state index contributed by atoms with van der Waals surface area (Å²) in [6, 6.07) is 5.84. The van der Waals surface area contributed by atoms with Crippen molar-refractivity contribution in [2.24, 2.45) is 0 Å². The van der Waals surface area contributed by atoms with Gasteiger partial charge in [0.05, 0.1) is 17.8 Å². The molecule has 2 aliphatic heterocycles. The number of amides is 2. The number of nitrogens with zero attached hydrogens (tertiary/aromatic N) is 1. The number of fused-ring (bicyclic) bond motifs is 1. The molecule has 0 aromatic heterocycles. The second kappa shape index (κ2) is 5.53. The molecule has 3 rings (SSSR count). The maximum absolute atomic E-state index is 12.7. The molecule has 0 aliphatic carbocycles. The molecule has 5 heteroatoms. The monoisotopic (exact) mass is 273 g/mol. The predicted octanol–water partition coefficient (Wildman–Crippen LogP) is 1.01. The van der Waals surface area contributed by atoms with Crippen molar-refractivity contribution >= 4 is 17.5 Å². The fourth-order valence-corrected chi connectivity index (χ4v) is 2.84. The molecule has 2 amide bonds. The van der Waals surface area contributed by atoms with Gasteiger partial charge < -0.3 is 15.5 Å². The van der Waals surface area contributed by atoms with Gasteiger partial charge in [0.25, 0.3) is 5.91 Å². The van der Waals surface area contributed by atoms with Gasteiger partial charge in [-0.2, -0.15) is 0 Å². The molecule has 1 saturated heterocycles. The number of carbonyl (C=O) groups excluding carboxylic acids is 2. The minimum absolute atomic E-state index is 0.0479. The Balaban J connectivity index is 1.88. The van der Waals surface area contributed by atoms with Crippen molar-refractivity contribution in [3.8, 4) is 0 Å². The van der Waals surface area contributed by atoms with Crippen LogP contribution in [0.2, 0.25) is 0 Å². The summed E-state index contributed by atoms with van der Waals surface area (Å²) < 4.78 is 0. The number of nitrogens with one attached hydrogen (secondary N) is 2. The van der Waals surface area contributed by atoms with Crippen LogP contribution in [0.4, 0.5) is 5.69 Å².